The van der Waals surface area contributed by atoms with Crippen LogP contribution in [0.5, 0.6) is 0 Å². The van der Waals surface area contributed by atoms with Gasteiger partial charge in [-0.3, -0.25) is 0 Å². The average molecular weight is 766 g/mol. The van der Waals surface area contributed by atoms with E-state index in [1.165, 1.54) is 16.7 Å². The van der Waals surface area contributed by atoms with Gasteiger partial charge in [0.1, 0.15) is 0 Å². The van der Waals surface area contributed by atoms with Crippen LogP contribution in [0.3, 0.4) is 0 Å². The fourth-order valence-electron chi connectivity index (χ4n) is 5.12. The maximum absolute atomic E-state index is 6.27. The van der Waals surface area contributed by atoms with E-state index in [9.17, 15) is 0 Å². The van der Waals surface area contributed by atoms with Crippen LogP contribution in [0.15, 0.2) is 120 Å². The topological polar surface area (TPSA) is 51.8 Å². The first-order valence-corrected chi connectivity index (χ1v) is 15.0. The molecule has 0 saturated heterocycles. The third kappa shape index (κ3) is 7.62. The van der Waals surface area contributed by atoms with Crippen LogP contribution < -0.4 is 0 Å². The Kier molecular flexibility index (Phi) is 10.0. The molecule has 4 heterocycles. The van der Waals surface area contributed by atoms with Gasteiger partial charge in [-0.25, -0.2) is 4.98 Å². The summed E-state index contributed by atoms with van der Waals surface area (Å²) in [5.41, 5.74) is 10.1. The Morgan fingerprint density at radius 2 is 1.56 bits per heavy atom. The van der Waals surface area contributed by atoms with Gasteiger partial charge in [0.25, 0.3) is 0 Å². The molecular formula is C40H35IrN3O-2. The number of hydrogen-bond acceptors (Lipinski definition) is 4. The predicted octanol–water partition coefficient (Wildman–Crippen LogP) is 9.78. The molecular weight excluding hydrogens is 731 g/mol. The SMILES string of the molecule is CC(C)(C)c1ccnc(-c2[c-]ccc3c2oc2nc(CCc4ccccc4)ccc23)c1.Cc1ccc(-c2[c-]cccc2)nc1.[Ir]. The van der Waals surface area contributed by atoms with E-state index in [0.29, 0.717) is 5.71 Å². The summed E-state index contributed by atoms with van der Waals surface area (Å²) in [5, 5.41) is 2.08. The van der Waals surface area contributed by atoms with Crippen LogP contribution in [0.2, 0.25) is 0 Å². The van der Waals surface area contributed by atoms with Gasteiger partial charge in [0, 0.05) is 43.6 Å². The van der Waals surface area contributed by atoms with Gasteiger partial charge in [0.05, 0.1) is 5.58 Å². The number of aromatic nitrogens is 3. The Balaban J connectivity index is 0.000000240. The molecule has 7 rings (SSSR count). The number of aryl methyl sites for hydroxylation is 3. The fraction of sp³-hybridized carbons (Fsp3) is 0.175. The number of nitrogens with zero attached hydrogens (tertiary/aromatic N) is 3. The molecule has 4 aromatic heterocycles. The number of pyridine rings is 3. The third-order valence-electron chi connectivity index (χ3n) is 7.65. The first-order valence-electron chi connectivity index (χ1n) is 15.0. The van der Waals surface area contributed by atoms with Crippen LogP contribution in [-0.4, -0.2) is 15.0 Å². The Morgan fingerprint density at radius 1 is 0.733 bits per heavy atom. The predicted molar refractivity (Wildman–Crippen MR) is 179 cm³/mol. The molecule has 0 unspecified atom stereocenters. The van der Waals surface area contributed by atoms with E-state index in [2.05, 4.69) is 97.5 Å². The van der Waals surface area contributed by atoms with Crippen LogP contribution in [0.1, 0.15) is 43.2 Å². The second-order valence-electron chi connectivity index (χ2n) is 12.0. The third-order valence-corrected chi connectivity index (χ3v) is 7.65. The molecule has 5 heteroatoms. The number of fused-ring (bicyclic) bond motifs is 3. The summed E-state index contributed by atoms with van der Waals surface area (Å²) < 4.78 is 6.27. The zero-order valence-corrected chi connectivity index (χ0v) is 28.4. The van der Waals surface area contributed by atoms with Crippen molar-refractivity contribution in [3.8, 4) is 22.5 Å². The van der Waals surface area contributed by atoms with Gasteiger partial charge < -0.3 is 14.4 Å². The summed E-state index contributed by atoms with van der Waals surface area (Å²) >= 11 is 0. The molecule has 0 fully saturated rings. The Bertz CT molecular complexity index is 1990. The van der Waals surface area contributed by atoms with Crippen LogP contribution in [0, 0.1) is 19.1 Å². The number of benzene rings is 3. The van der Waals surface area contributed by atoms with Crippen LogP contribution in [0.25, 0.3) is 44.6 Å². The normalized spacial score (nSPS) is 11.1. The Hall–Kier alpha value is -4.44. The minimum Gasteiger partial charge on any atom is -0.486 e. The van der Waals surface area contributed by atoms with E-state index in [1.54, 1.807) is 0 Å². The summed E-state index contributed by atoms with van der Waals surface area (Å²) in [5.74, 6) is 0. The summed E-state index contributed by atoms with van der Waals surface area (Å²) in [4.78, 5) is 13.7. The molecule has 3 aromatic carbocycles. The maximum atomic E-state index is 6.27. The minimum absolute atomic E-state index is 0. The molecule has 0 spiro atoms. The largest absolute Gasteiger partial charge is 0.486 e. The van der Waals surface area contributed by atoms with Gasteiger partial charge in [-0.1, -0.05) is 80.3 Å². The van der Waals surface area contributed by atoms with Crippen LogP contribution >= 0.6 is 0 Å². The molecule has 0 atom stereocenters. The van der Waals surface area contributed by atoms with Gasteiger partial charge in [0.15, 0.2) is 0 Å². The van der Waals surface area contributed by atoms with Gasteiger partial charge in [0.2, 0.25) is 5.71 Å². The average Bonchev–Trinajstić information content (AvgIpc) is 3.43. The quantitative estimate of drug-likeness (QED) is 0.164. The monoisotopic (exact) mass is 766 g/mol. The molecule has 7 aromatic rings. The molecule has 0 aliphatic heterocycles. The summed E-state index contributed by atoms with van der Waals surface area (Å²) in [6, 6.07) is 41.4. The molecule has 1 radical (unpaired) electrons. The summed E-state index contributed by atoms with van der Waals surface area (Å²) in [7, 11) is 0. The molecule has 45 heavy (non-hydrogen) atoms. The minimum atomic E-state index is 0. The fourth-order valence-corrected chi connectivity index (χ4v) is 5.12. The Morgan fingerprint density at radius 3 is 2.29 bits per heavy atom. The van der Waals surface area contributed by atoms with Gasteiger partial charge >= 0.3 is 0 Å². The molecule has 0 aliphatic carbocycles. The zero-order valence-electron chi connectivity index (χ0n) is 26.0. The summed E-state index contributed by atoms with van der Waals surface area (Å²) in [6.45, 7) is 8.65. The van der Waals surface area contributed by atoms with Crippen LogP contribution in [-0.2, 0) is 38.4 Å². The summed E-state index contributed by atoms with van der Waals surface area (Å²) in [6.07, 6.45) is 5.58. The van der Waals surface area contributed by atoms with Gasteiger partial charge in [-0.15, -0.1) is 54.1 Å². The van der Waals surface area contributed by atoms with Crippen molar-refractivity contribution in [3.05, 3.63) is 150 Å². The van der Waals surface area contributed by atoms with Gasteiger partial charge in [-0.05, 0) is 71.5 Å². The van der Waals surface area contributed by atoms with E-state index < -0.39 is 0 Å². The Labute approximate surface area is 279 Å². The second kappa shape index (κ2) is 14.1. The molecule has 0 aliphatic rings. The molecule has 4 nitrogen and oxygen atoms in total. The van der Waals surface area contributed by atoms with Crippen molar-refractivity contribution in [2.45, 2.75) is 46.0 Å². The molecule has 0 bridgehead atoms. The van der Waals surface area contributed by atoms with Crippen molar-refractivity contribution < 1.29 is 24.5 Å². The molecule has 0 N–H and O–H groups in total. The van der Waals surface area contributed by atoms with Crippen LogP contribution in [0.4, 0.5) is 0 Å². The van der Waals surface area contributed by atoms with Crippen molar-refractivity contribution >= 4 is 22.1 Å². The van der Waals surface area contributed by atoms with Crippen molar-refractivity contribution in [2.24, 2.45) is 0 Å². The standard InChI is InChI=1S/C28H25N2O.C12H10N.Ir/c1-28(2,3)20-16-17-29-25(18-20)24-11-7-10-22-23-15-14-21(30-27(23)31-26(22)24)13-12-19-8-5-4-6-9-19;1-10-7-8-12(13-9-10)11-5-3-2-4-6-11;/h4-10,14-18H,12-13H2,1-3H3;2-5,7-9H,1H3;/q2*-1;. The first-order chi connectivity index (χ1) is 21.3. The molecule has 0 amide bonds. The maximum Gasteiger partial charge on any atom is 0.216 e. The van der Waals surface area contributed by atoms with Crippen molar-refractivity contribution in [3.63, 3.8) is 0 Å². The van der Waals surface area contributed by atoms with Crippen molar-refractivity contribution in [1.82, 2.24) is 15.0 Å². The zero-order chi connectivity index (χ0) is 30.5. The van der Waals surface area contributed by atoms with Crippen molar-refractivity contribution in [2.75, 3.05) is 0 Å². The smallest absolute Gasteiger partial charge is 0.216 e. The van der Waals surface area contributed by atoms with E-state index in [1.807, 2.05) is 67.8 Å². The molecule has 227 valence electrons. The first kappa shape index (κ1) is 32.0. The number of rotatable bonds is 5. The number of hydrogen-bond donors (Lipinski definition) is 0. The molecule has 0 saturated carbocycles. The van der Waals surface area contributed by atoms with Crippen molar-refractivity contribution in [1.29, 1.82) is 0 Å². The second-order valence-corrected chi connectivity index (χ2v) is 12.0. The van der Waals surface area contributed by atoms with E-state index in [0.717, 1.165) is 57.4 Å². The van der Waals surface area contributed by atoms with E-state index >= 15 is 0 Å². The van der Waals surface area contributed by atoms with E-state index in [-0.39, 0.29) is 25.5 Å². The van der Waals surface area contributed by atoms with E-state index in [4.69, 9.17) is 9.40 Å². The van der Waals surface area contributed by atoms with Gasteiger partial charge in [-0.2, -0.15) is 0 Å². The number of furan rings is 1.